The van der Waals surface area contributed by atoms with E-state index in [0.29, 0.717) is 48.7 Å². The minimum absolute atomic E-state index is 0.0145. The smallest absolute Gasteiger partial charge is 0.404 e. The topological polar surface area (TPSA) is 129 Å². The van der Waals surface area contributed by atoms with Gasteiger partial charge in [0.1, 0.15) is 5.02 Å². The molecule has 4 fully saturated rings. The van der Waals surface area contributed by atoms with Gasteiger partial charge in [-0.15, -0.1) is 13.2 Å². The number of nitrogens with zero attached hydrogens (tertiary/aromatic N) is 5. The minimum atomic E-state index is -4.92. The van der Waals surface area contributed by atoms with E-state index in [9.17, 15) is 32.3 Å². The minimum Gasteiger partial charge on any atom is -0.404 e. The van der Waals surface area contributed by atoms with Crippen LogP contribution in [0.15, 0.2) is 53.5 Å². The molecule has 4 saturated heterocycles. The second-order valence-corrected chi connectivity index (χ2v) is 15.9. The molecule has 5 heterocycles. The Labute approximate surface area is 321 Å². The van der Waals surface area contributed by atoms with Gasteiger partial charge in [-0.05, 0) is 92.3 Å². The number of hydrogen-bond acceptors (Lipinski definition) is 9. The van der Waals surface area contributed by atoms with Crippen LogP contribution in [-0.2, 0) is 16.6 Å². The highest BCUT2D eigenvalue weighted by atomic mass is 35.5. The van der Waals surface area contributed by atoms with E-state index in [2.05, 4.69) is 32.4 Å². The van der Waals surface area contributed by atoms with Gasteiger partial charge in [0.05, 0.1) is 23.5 Å². The lowest BCUT2D eigenvalue weighted by Crippen LogP contribution is -2.48. The van der Waals surface area contributed by atoms with Crippen molar-refractivity contribution in [3.8, 4) is 5.75 Å². The molecule has 0 saturated carbocycles. The Bertz CT molecular complexity index is 1990. The molecule has 4 aliphatic rings. The van der Waals surface area contributed by atoms with Gasteiger partial charge in [-0.1, -0.05) is 29.8 Å². The van der Waals surface area contributed by atoms with Crippen LogP contribution < -0.4 is 25.8 Å². The normalized spacial score (nSPS) is 23.4. The van der Waals surface area contributed by atoms with E-state index in [-0.39, 0.29) is 52.5 Å². The first-order valence-corrected chi connectivity index (χ1v) is 19.1. The summed E-state index contributed by atoms with van der Waals surface area (Å²) < 4.78 is 46.2. The van der Waals surface area contributed by atoms with Gasteiger partial charge < -0.3 is 24.8 Å². The standard InChI is InChI=1S/C39H45ClF3N7O5/c1-47-22-27(19-28(23-47)45-30-21-44-48(2)37(54)34(30)40)24-3-5-25(6-4-24)36(53)50-17-13-38(14-18-50)11-15-49(16-12-38)31-9-7-26(20-32(31)55-39(41,42)43)29-8-10-33(51)46-35(29)52/h3-7,9,20-21,27-29,45H,8,10-19,22-23H2,1-2H3,(H,46,51,52)/t27-,28+,29?/m0/s1. The van der Waals surface area contributed by atoms with Crippen LogP contribution in [0, 0.1) is 5.41 Å². The van der Waals surface area contributed by atoms with Crippen molar-refractivity contribution in [3.63, 3.8) is 0 Å². The van der Waals surface area contributed by atoms with Crippen LogP contribution in [0.4, 0.5) is 24.5 Å². The van der Waals surface area contributed by atoms with Crippen molar-refractivity contribution < 1.29 is 32.3 Å². The maximum Gasteiger partial charge on any atom is 0.573 e. The number of ether oxygens (including phenoxy) is 1. The summed E-state index contributed by atoms with van der Waals surface area (Å²) in [7, 11) is 3.61. The van der Waals surface area contributed by atoms with Crippen molar-refractivity contribution in [1.29, 1.82) is 0 Å². The number of anilines is 2. The number of benzene rings is 2. The van der Waals surface area contributed by atoms with Gasteiger partial charge in [-0.2, -0.15) is 5.10 Å². The molecule has 294 valence electrons. The first kappa shape index (κ1) is 38.6. The zero-order chi connectivity index (χ0) is 39.1. The van der Waals surface area contributed by atoms with Crippen molar-refractivity contribution in [1.82, 2.24) is 24.9 Å². The third-order valence-corrected chi connectivity index (χ3v) is 12.2. The first-order chi connectivity index (χ1) is 26.2. The lowest BCUT2D eigenvalue weighted by atomic mass is 9.71. The van der Waals surface area contributed by atoms with Crippen molar-refractivity contribution in [2.75, 3.05) is 56.5 Å². The third kappa shape index (κ3) is 8.62. The molecule has 2 aromatic carbocycles. The number of likely N-dealkylation sites (tertiary alicyclic amines) is 2. The van der Waals surface area contributed by atoms with Crippen LogP contribution in [0.5, 0.6) is 5.75 Å². The van der Waals surface area contributed by atoms with Crippen LogP contribution in [0.2, 0.25) is 5.02 Å². The molecule has 3 aromatic rings. The number of nitrogens with one attached hydrogen (secondary N) is 2. The van der Waals surface area contributed by atoms with Crippen LogP contribution in [0.25, 0.3) is 0 Å². The number of carbonyl (C=O) groups excluding carboxylic acids is 3. The second kappa shape index (κ2) is 15.5. The largest absolute Gasteiger partial charge is 0.573 e. The highest BCUT2D eigenvalue weighted by Crippen LogP contribution is 2.45. The van der Waals surface area contributed by atoms with Crippen LogP contribution in [0.1, 0.15) is 78.3 Å². The van der Waals surface area contributed by atoms with Gasteiger partial charge in [0.15, 0.2) is 5.75 Å². The van der Waals surface area contributed by atoms with E-state index >= 15 is 0 Å². The summed E-state index contributed by atoms with van der Waals surface area (Å²) >= 11 is 6.31. The molecule has 55 heavy (non-hydrogen) atoms. The Morgan fingerprint density at radius 2 is 1.64 bits per heavy atom. The molecule has 0 radical (unpaired) electrons. The van der Waals surface area contributed by atoms with Crippen molar-refractivity contribution in [3.05, 3.63) is 80.7 Å². The molecule has 0 aliphatic carbocycles. The number of carbonyl (C=O) groups is 3. The van der Waals surface area contributed by atoms with Gasteiger partial charge in [0.2, 0.25) is 11.8 Å². The zero-order valence-corrected chi connectivity index (χ0v) is 31.6. The molecule has 3 atom stereocenters. The highest BCUT2D eigenvalue weighted by molar-refractivity contribution is 6.32. The van der Waals surface area contributed by atoms with Crippen LogP contribution in [-0.4, -0.2) is 96.0 Å². The number of halogens is 4. The molecular formula is C39H45ClF3N7O5. The second-order valence-electron chi connectivity index (χ2n) is 15.5. The van der Waals surface area contributed by atoms with E-state index in [1.165, 1.54) is 10.7 Å². The quantitative estimate of drug-likeness (QED) is 0.308. The number of rotatable bonds is 7. The van der Waals surface area contributed by atoms with E-state index in [4.69, 9.17) is 11.6 Å². The number of imide groups is 1. The summed E-state index contributed by atoms with van der Waals surface area (Å²) in [6.07, 6.45) is 0.949. The molecule has 4 aliphatic heterocycles. The highest BCUT2D eigenvalue weighted by Gasteiger charge is 2.41. The summed E-state index contributed by atoms with van der Waals surface area (Å²) in [5.74, 6) is -1.82. The van der Waals surface area contributed by atoms with Crippen molar-refractivity contribution in [2.45, 2.75) is 69.2 Å². The van der Waals surface area contributed by atoms with Gasteiger partial charge in [-0.25, -0.2) is 4.68 Å². The SMILES string of the molecule is CN1C[C@H](Nc2cnn(C)c(=O)c2Cl)C[C@H](c2ccc(C(=O)N3CCC4(CC3)CCN(c3ccc(C5CCC(=O)NC5=O)cc3OC(F)(F)F)CC4)cc2)C1. The zero-order valence-electron chi connectivity index (χ0n) is 30.8. The fourth-order valence-electron chi connectivity index (χ4n) is 8.71. The summed E-state index contributed by atoms with van der Waals surface area (Å²) in [6, 6.07) is 12.4. The maximum atomic E-state index is 13.6. The molecular weight excluding hydrogens is 739 g/mol. The number of likely N-dealkylation sites (N-methyl/N-ethyl adjacent to an activating group) is 1. The molecule has 1 unspecified atom stereocenters. The number of amides is 3. The first-order valence-electron chi connectivity index (χ1n) is 18.7. The molecule has 12 nitrogen and oxygen atoms in total. The Hall–Kier alpha value is -4.63. The number of piperidine rings is 4. The molecule has 7 rings (SSSR count). The van der Waals surface area contributed by atoms with Gasteiger partial charge in [-0.3, -0.25) is 24.5 Å². The number of hydrogen-bond donors (Lipinski definition) is 2. The molecule has 1 spiro atoms. The maximum absolute atomic E-state index is 13.6. The Balaban J connectivity index is 0.942. The average molecular weight is 784 g/mol. The predicted molar refractivity (Wildman–Crippen MR) is 200 cm³/mol. The molecule has 16 heteroatoms. The fourth-order valence-corrected chi connectivity index (χ4v) is 8.94. The van der Waals surface area contributed by atoms with Gasteiger partial charge in [0, 0.05) is 64.3 Å². The lowest BCUT2D eigenvalue weighted by Gasteiger charge is -2.47. The third-order valence-electron chi connectivity index (χ3n) is 11.8. The van der Waals surface area contributed by atoms with Crippen LogP contribution in [0.3, 0.4) is 0 Å². The van der Waals surface area contributed by atoms with Crippen LogP contribution >= 0.6 is 11.6 Å². The molecule has 1 aromatic heterocycles. The predicted octanol–water partition coefficient (Wildman–Crippen LogP) is 5.28. The van der Waals surface area contributed by atoms with E-state index in [1.54, 1.807) is 25.4 Å². The number of aryl methyl sites for hydroxylation is 1. The summed E-state index contributed by atoms with van der Waals surface area (Å²) in [5.41, 5.74) is 2.59. The number of aromatic nitrogens is 2. The van der Waals surface area contributed by atoms with Gasteiger partial charge >= 0.3 is 6.36 Å². The molecule has 2 N–H and O–H groups in total. The molecule has 0 bridgehead atoms. The Kier molecular flexibility index (Phi) is 10.9. The van der Waals surface area contributed by atoms with E-state index in [1.807, 2.05) is 34.1 Å². The monoisotopic (exact) mass is 783 g/mol. The molecule has 3 amide bonds. The van der Waals surface area contributed by atoms with Crippen molar-refractivity contribution >= 4 is 40.7 Å². The van der Waals surface area contributed by atoms with Gasteiger partial charge in [0.25, 0.3) is 11.5 Å². The average Bonchev–Trinajstić information content (AvgIpc) is 3.15. The van der Waals surface area contributed by atoms with Crippen molar-refractivity contribution in [2.24, 2.45) is 12.5 Å². The summed E-state index contributed by atoms with van der Waals surface area (Å²) in [6.45, 7) is 3.89. The number of alkyl halides is 3. The Morgan fingerprint density at radius 3 is 2.31 bits per heavy atom. The summed E-state index contributed by atoms with van der Waals surface area (Å²) in [4.78, 5) is 55.9. The van der Waals surface area contributed by atoms with E-state index in [0.717, 1.165) is 50.8 Å². The fraction of sp³-hybridized carbons (Fsp3) is 0.513. The lowest BCUT2D eigenvalue weighted by molar-refractivity contribution is -0.274. The van der Waals surface area contributed by atoms with E-state index < -0.39 is 24.1 Å². The Morgan fingerprint density at radius 1 is 0.964 bits per heavy atom. The summed E-state index contributed by atoms with van der Waals surface area (Å²) in [5, 5.41) is 9.87.